The normalized spacial score (nSPS) is 10.5. The molecule has 0 heterocycles. The zero-order valence-electron chi connectivity index (χ0n) is 13.8. The molecule has 2 aliphatic carbocycles. The summed E-state index contributed by atoms with van der Waals surface area (Å²) in [6.07, 6.45) is 0. The second-order valence-corrected chi connectivity index (χ2v) is 5.75. The topological polar surface area (TPSA) is 61.8 Å². The fourth-order valence-electron chi connectivity index (χ4n) is 2.48. The SMILES string of the molecule is CCOC(=O)c1c2cccc(Br)cc-2c(C(=O)OCC)c1OCC. The first-order valence-electron chi connectivity index (χ1n) is 7.77. The molecule has 0 aromatic heterocycles. The van der Waals surface area contributed by atoms with Crippen LogP contribution in [0.2, 0.25) is 0 Å². The van der Waals surface area contributed by atoms with Gasteiger partial charge >= 0.3 is 11.9 Å². The number of fused-ring (bicyclic) bond motifs is 1. The summed E-state index contributed by atoms with van der Waals surface area (Å²) in [6, 6.07) is 7.15. The van der Waals surface area contributed by atoms with Crippen LogP contribution in [0, 0.1) is 0 Å². The number of ether oxygens (including phenoxy) is 3. The van der Waals surface area contributed by atoms with Gasteiger partial charge in [-0.1, -0.05) is 28.1 Å². The average molecular weight is 395 g/mol. The first kappa shape index (κ1) is 18.3. The molecule has 0 aliphatic heterocycles. The third kappa shape index (κ3) is 3.53. The Hall–Kier alpha value is -2.08. The van der Waals surface area contributed by atoms with Crippen molar-refractivity contribution in [3.05, 3.63) is 39.9 Å². The number of rotatable bonds is 6. The van der Waals surface area contributed by atoms with E-state index in [2.05, 4.69) is 15.9 Å². The van der Waals surface area contributed by atoms with Gasteiger partial charge in [-0.25, -0.2) is 9.59 Å². The number of halogens is 1. The molecule has 5 nitrogen and oxygen atoms in total. The second-order valence-electron chi connectivity index (χ2n) is 4.84. The van der Waals surface area contributed by atoms with Crippen molar-refractivity contribution in [3.8, 4) is 16.9 Å². The van der Waals surface area contributed by atoms with Crippen molar-refractivity contribution in [1.29, 1.82) is 0 Å². The monoisotopic (exact) mass is 394 g/mol. The van der Waals surface area contributed by atoms with E-state index in [1.54, 1.807) is 39.0 Å². The minimum Gasteiger partial charge on any atom is -0.492 e. The van der Waals surface area contributed by atoms with Crippen LogP contribution in [-0.2, 0) is 9.47 Å². The van der Waals surface area contributed by atoms with E-state index >= 15 is 0 Å². The largest absolute Gasteiger partial charge is 0.492 e. The van der Waals surface area contributed by atoms with Gasteiger partial charge in [-0.15, -0.1) is 0 Å². The molecule has 24 heavy (non-hydrogen) atoms. The minimum atomic E-state index is -0.528. The molecule has 0 spiro atoms. The maximum atomic E-state index is 12.5. The van der Waals surface area contributed by atoms with Crippen LogP contribution >= 0.6 is 15.9 Å². The highest BCUT2D eigenvalue weighted by Gasteiger charge is 2.33. The summed E-state index contributed by atoms with van der Waals surface area (Å²) < 4.78 is 16.7. The zero-order chi connectivity index (χ0) is 17.7. The lowest BCUT2D eigenvalue weighted by atomic mass is 10.1. The molecular weight excluding hydrogens is 376 g/mol. The van der Waals surface area contributed by atoms with Crippen LogP contribution in [0.3, 0.4) is 0 Å². The van der Waals surface area contributed by atoms with E-state index in [0.29, 0.717) is 17.7 Å². The van der Waals surface area contributed by atoms with E-state index < -0.39 is 11.9 Å². The average Bonchev–Trinajstić information content (AvgIpc) is 2.69. The van der Waals surface area contributed by atoms with Crippen LogP contribution in [0.5, 0.6) is 5.75 Å². The number of hydrogen-bond donors (Lipinski definition) is 0. The van der Waals surface area contributed by atoms with E-state index in [-0.39, 0.29) is 30.1 Å². The van der Waals surface area contributed by atoms with Crippen molar-refractivity contribution in [3.63, 3.8) is 0 Å². The molecule has 0 amide bonds. The van der Waals surface area contributed by atoms with E-state index in [0.717, 1.165) is 4.47 Å². The van der Waals surface area contributed by atoms with Gasteiger partial charge < -0.3 is 14.2 Å². The predicted octanol–water partition coefficient (Wildman–Crippen LogP) is 4.31. The molecule has 0 bridgehead atoms. The molecule has 0 saturated carbocycles. The Morgan fingerprint density at radius 2 is 1.50 bits per heavy atom. The first-order valence-corrected chi connectivity index (χ1v) is 8.56. The molecule has 0 atom stereocenters. The highest BCUT2D eigenvalue weighted by atomic mass is 79.9. The quantitative estimate of drug-likeness (QED) is 0.683. The van der Waals surface area contributed by atoms with Gasteiger partial charge in [-0.05, 0) is 32.9 Å². The van der Waals surface area contributed by atoms with Gasteiger partial charge in [0, 0.05) is 15.6 Å². The van der Waals surface area contributed by atoms with Crippen molar-refractivity contribution in [2.24, 2.45) is 0 Å². The van der Waals surface area contributed by atoms with Gasteiger partial charge in [0.15, 0.2) is 0 Å². The molecular formula is C18H19BrO5. The summed E-state index contributed by atoms with van der Waals surface area (Å²) in [4.78, 5) is 25.0. The molecule has 0 N–H and O–H groups in total. The first-order chi connectivity index (χ1) is 11.5. The van der Waals surface area contributed by atoms with Crippen molar-refractivity contribution in [2.75, 3.05) is 19.8 Å². The number of hydrogen-bond acceptors (Lipinski definition) is 5. The second kappa shape index (κ2) is 8.15. The standard InChI is InChI=1S/C18H19BrO5/c1-4-22-16-14(17(20)23-5-2)12-9-7-8-11(19)10-13(12)15(16)18(21)24-6-3/h7-10H,4-6H2,1-3H3. The zero-order valence-corrected chi connectivity index (χ0v) is 15.4. The van der Waals surface area contributed by atoms with Crippen LogP contribution in [0.15, 0.2) is 28.7 Å². The van der Waals surface area contributed by atoms with Crippen molar-refractivity contribution in [2.45, 2.75) is 20.8 Å². The third-order valence-corrected chi connectivity index (χ3v) is 3.82. The highest BCUT2D eigenvalue weighted by Crippen LogP contribution is 2.43. The molecule has 0 radical (unpaired) electrons. The molecule has 2 aliphatic rings. The lowest BCUT2D eigenvalue weighted by Crippen LogP contribution is -2.09. The molecule has 0 unspecified atom stereocenters. The van der Waals surface area contributed by atoms with Gasteiger partial charge in [0.1, 0.15) is 16.9 Å². The lowest BCUT2D eigenvalue weighted by Gasteiger charge is -2.08. The molecule has 0 fully saturated rings. The minimum absolute atomic E-state index is 0.211. The molecule has 2 rings (SSSR count). The van der Waals surface area contributed by atoms with Gasteiger partial charge in [0.25, 0.3) is 0 Å². The maximum Gasteiger partial charge on any atom is 0.342 e. The Labute approximate surface area is 149 Å². The number of esters is 2. The third-order valence-electron chi connectivity index (χ3n) is 3.33. The fourth-order valence-corrected chi connectivity index (χ4v) is 2.87. The highest BCUT2D eigenvalue weighted by molar-refractivity contribution is 9.10. The summed E-state index contributed by atoms with van der Waals surface area (Å²) in [6.45, 7) is 6.01. The van der Waals surface area contributed by atoms with Gasteiger partial charge in [-0.2, -0.15) is 0 Å². The lowest BCUT2D eigenvalue weighted by molar-refractivity contribution is 0.0522. The summed E-state index contributed by atoms with van der Waals surface area (Å²) >= 11 is 3.42. The van der Waals surface area contributed by atoms with Crippen LogP contribution in [-0.4, -0.2) is 31.8 Å². The van der Waals surface area contributed by atoms with Gasteiger partial charge in [0.05, 0.1) is 19.8 Å². The molecule has 128 valence electrons. The molecule has 6 heteroatoms. The van der Waals surface area contributed by atoms with Crippen LogP contribution in [0.4, 0.5) is 0 Å². The Morgan fingerprint density at radius 1 is 0.917 bits per heavy atom. The Kier molecular flexibility index (Phi) is 6.20. The van der Waals surface area contributed by atoms with Gasteiger partial charge in [-0.3, -0.25) is 0 Å². The van der Waals surface area contributed by atoms with Crippen LogP contribution in [0.1, 0.15) is 41.5 Å². The fraction of sp³-hybridized carbons (Fsp3) is 0.333. The van der Waals surface area contributed by atoms with E-state index in [1.807, 2.05) is 6.07 Å². The Balaban J connectivity index is 2.81. The van der Waals surface area contributed by atoms with Crippen molar-refractivity contribution < 1.29 is 23.8 Å². The Bertz CT molecular complexity index is 726. The smallest absolute Gasteiger partial charge is 0.342 e. The van der Waals surface area contributed by atoms with E-state index in [4.69, 9.17) is 14.2 Å². The van der Waals surface area contributed by atoms with Crippen LogP contribution in [0.25, 0.3) is 11.1 Å². The summed E-state index contributed by atoms with van der Waals surface area (Å²) in [5.74, 6) is -0.842. The number of carbonyl (C=O) groups is 2. The maximum absolute atomic E-state index is 12.5. The summed E-state index contributed by atoms with van der Waals surface area (Å²) in [5.41, 5.74) is 1.66. The van der Waals surface area contributed by atoms with Crippen molar-refractivity contribution in [1.82, 2.24) is 0 Å². The molecule has 0 aromatic carbocycles. The van der Waals surface area contributed by atoms with Gasteiger partial charge in [0.2, 0.25) is 0 Å². The molecule has 0 aromatic rings. The summed E-state index contributed by atoms with van der Waals surface area (Å²) in [7, 11) is 0. The molecule has 0 saturated heterocycles. The predicted molar refractivity (Wildman–Crippen MR) is 93.8 cm³/mol. The van der Waals surface area contributed by atoms with E-state index in [9.17, 15) is 9.59 Å². The summed E-state index contributed by atoms with van der Waals surface area (Å²) in [5, 5.41) is 0. The Morgan fingerprint density at radius 3 is 2.04 bits per heavy atom. The van der Waals surface area contributed by atoms with E-state index in [1.165, 1.54) is 0 Å². The van der Waals surface area contributed by atoms with Crippen molar-refractivity contribution >= 4 is 27.9 Å². The van der Waals surface area contributed by atoms with Crippen LogP contribution < -0.4 is 4.74 Å². The number of carbonyl (C=O) groups excluding carboxylic acids is 2.